The van der Waals surface area contributed by atoms with Crippen LogP contribution in [-0.4, -0.2) is 67.5 Å². The molecule has 4 heterocycles. The molecule has 0 bridgehead atoms. The van der Waals surface area contributed by atoms with Crippen LogP contribution in [0, 0.1) is 6.92 Å². The van der Waals surface area contributed by atoms with Crippen molar-refractivity contribution in [3.8, 4) is 0 Å². The first-order valence-corrected chi connectivity index (χ1v) is 11.4. The summed E-state index contributed by atoms with van der Waals surface area (Å²) in [5.74, 6) is -0.451. The lowest BCUT2D eigenvalue weighted by atomic mass is 10.0. The molecule has 0 unspecified atom stereocenters. The van der Waals surface area contributed by atoms with Gasteiger partial charge in [-0.15, -0.1) is 0 Å². The molecule has 1 aliphatic heterocycles. The number of fused-ring (bicyclic) bond motifs is 1. The Morgan fingerprint density at radius 3 is 2.29 bits per heavy atom. The molecule has 1 aliphatic rings. The predicted octanol–water partition coefficient (Wildman–Crippen LogP) is 1.51. The average Bonchev–Trinajstić information content (AvgIpc) is 3.26. The minimum absolute atomic E-state index is 0.0137. The highest BCUT2D eigenvalue weighted by atomic mass is 16.5. The lowest BCUT2D eigenvalue weighted by molar-refractivity contribution is 0.0513. The van der Waals surface area contributed by atoms with Gasteiger partial charge in [-0.25, -0.2) is 9.78 Å². The number of nitrogens with zero attached hydrogens (tertiary/aromatic N) is 5. The number of aryl methyl sites for hydroxylation is 2. The van der Waals surface area contributed by atoms with Crippen LogP contribution in [0.4, 0.5) is 0 Å². The van der Waals surface area contributed by atoms with Gasteiger partial charge in [-0.2, -0.15) is 0 Å². The first kappa shape index (κ1) is 23.4. The lowest BCUT2D eigenvalue weighted by Gasteiger charge is -2.34. The second-order valence-corrected chi connectivity index (χ2v) is 8.78. The highest BCUT2D eigenvalue weighted by Crippen LogP contribution is 2.22. The standard InChI is InChI=1S/C23H28N6O5/c1-5-6-29-19-18(20(30)25-23(29)33)15(12-16(24-19)13(2)3)21(31)27-7-9-28(10-8-27)22(32)17-11-14(4)26-34-17/h11-13H,5-10H2,1-4H3,(H,25,30,33). The van der Waals surface area contributed by atoms with E-state index >= 15 is 0 Å². The van der Waals surface area contributed by atoms with Gasteiger partial charge in [0.15, 0.2) is 5.65 Å². The van der Waals surface area contributed by atoms with Gasteiger partial charge >= 0.3 is 5.69 Å². The molecule has 0 radical (unpaired) electrons. The largest absolute Gasteiger partial charge is 0.351 e. The zero-order valence-electron chi connectivity index (χ0n) is 19.8. The molecule has 180 valence electrons. The van der Waals surface area contributed by atoms with E-state index < -0.39 is 11.2 Å². The predicted molar refractivity (Wildman–Crippen MR) is 124 cm³/mol. The van der Waals surface area contributed by atoms with Gasteiger partial charge < -0.3 is 14.3 Å². The molecular weight excluding hydrogens is 440 g/mol. The minimum atomic E-state index is -0.631. The van der Waals surface area contributed by atoms with Crippen molar-refractivity contribution in [2.24, 2.45) is 0 Å². The number of amides is 2. The number of hydrogen-bond acceptors (Lipinski definition) is 7. The molecule has 1 saturated heterocycles. The SMILES string of the molecule is CCCn1c(=O)[nH]c(=O)c2c(C(=O)N3CCN(C(=O)c4cc(C)no4)CC3)cc(C(C)C)nc21. The Labute approximate surface area is 195 Å². The maximum absolute atomic E-state index is 13.6. The summed E-state index contributed by atoms with van der Waals surface area (Å²) in [5.41, 5.74) is 0.508. The van der Waals surface area contributed by atoms with Crippen LogP contribution in [0.25, 0.3) is 11.0 Å². The van der Waals surface area contributed by atoms with Crippen LogP contribution < -0.4 is 11.2 Å². The quantitative estimate of drug-likeness (QED) is 0.600. The summed E-state index contributed by atoms with van der Waals surface area (Å²) >= 11 is 0. The summed E-state index contributed by atoms with van der Waals surface area (Å²) in [4.78, 5) is 61.6. The number of hydrogen-bond donors (Lipinski definition) is 1. The van der Waals surface area contributed by atoms with E-state index in [0.717, 1.165) is 0 Å². The molecule has 0 atom stereocenters. The van der Waals surface area contributed by atoms with Crippen LogP contribution in [0.1, 0.15) is 65.4 Å². The number of aromatic nitrogens is 4. The molecule has 3 aromatic heterocycles. The summed E-state index contributed by atoms with van der Waals surface area (Å²) in [6.45, 7) is 9.14. The zero-order chi connectivity index (χ0) is 24.6. The fraction of sp³-hybridized carbons (Fsp3) is 0.478. The van der Waals surface area contributed by atoms with Crippen molar-refractivity contribution in [3.63, 3.8) is 0 Å². The van der Waals surface area contributed by atoms with E-state index in [0.29, 0.717) is 50.5 Å². The summed E-state index contributed by atoms with van der Waals surface area (Å²) in [7, 11) is 0. The summed E-state index contributed by atoms with van der Waals surface area (Å²) < 4.78 is 6.48. The van der Waals surface area contributed by atoms with Gasteiger partial charge in [-0.05, 0) is 25.3 Å². The molecule has 34 heavy (non-hydrogen) atoms. The van der Waals surface area contributed by atoms with Crippen molar-refractivity contribution in [1.29, 1.82) is 0 Å². The van der Waals surface area contributed by atoms with E-state index in [2.05, 4.69) is 15.1 Å². The maximum atomic E-state index is 13.6. The fourth-order valence-corrected chi connectivity index (χ4v) is 4.09. The van der Waals surface area contributed by atoms with Crippen molar-refractivity contribution < 1.29 is 14.1 Å². The first-order chi connectivity index (χ1) is 16.2. The Hall–Kier alpha value is -3.76. The fourth-order valence-electron chi connectivity index (χ4n) is 4.09. The van der Waals surface area contributed by atoms with Crippen molar-refractivity contribution in [1.82, 2.24) is 29.5 Å². The average molecular weight is 469 g/mol. The Morgan fingerprint density at radius 1 is 1.09 bits per heavy atom. The van der Waals surface area contributed by atoms with E-state index in [1.54, 1.807) is 28.9 Å². The van der Waals surface area contributed by atoms with E-state index in [1.165, 1.54) is 4.57 Å². The van der Waals surface area contributed by atoms with Crippen molar-refractivity contribution in [2.45, 2.75) is 46.6 Å². The minimum Gasteiger partial charge on any atom is -0.351 e. The number of piperazine rings is 1. The molecule has 4 rings (SSSR count). The van der Waals surface area contributed by atoms with Crippen LogP contribution in [-0.2, 0) is 6.54 Å². The highest BCUT2D eigenvalue weighted by molar-refractivity contribution is 6.05. The molecular formula is C23H28N6O5. The number of pyridine rings is 1. The normalized spacial score (nSPS) is 14.3. The van der Waals surface area contributed by atoms with E-state index in [4.69, 9.17) is 4.52 Å². The maximum Gasteiger partial charge on any atom is 0.329 e. The number of H-pyrrole nitrogens is 1. The number of nitrogens with one attached hydrogen (secondary N) is 1. The van der Waals surface area contributed by atoms with Crippen LogP contribution in [0.15, 0.2) is 26.2 Å². The van der Waals surface area contributed by atoms with Gasteiger partial charge in [0, 0.05) is 44.5 Å². The number of rotatable bonds is 5. The smallest absolute Gasteiger partial charge is 0.329 e. The van der Waals surface area contributed by atoms with E-state index in [9.17, 15) is 19.2 Å². The molecule has 0 aliphatic carbocycles. The Balaban J connectivity index is 1.67. The molecule has 11 nitrogen and oxygen atoms in total. The van der Waals surface area contributed by atoms with Gasteiger partial charge in [0.1, 0.15) is 0 Å². The second kappa shape index (κ2) is 9.24. The van der Waals surface area contributed by atoms with Crippen LogP contribution >= 0.6 is 0 Å². The topological polar surface area (TPSA) is 134 Å². The van der Waals surface area contributed by atoms with Gasteiger partial charge in [0.25, 0.3) is 17.4 Å². The zero-order valence-corrected chi connectivity index (χ0v) is 19.8. The van der Waals surface area contributed by atoms with Gasteiger partial charge in [-0.1, -0.05) is 25.9 Å². The molecule has 11 heteroatoms. The van der Waals surface area contributed by atoms with Gasteiger partial charge in [0.05, 0.1) is 16.6 Å². The monoisotopic (exact) mass is 468 g/mol. The van der Waals surface area contributed by atoms with Crippen LogP contribution in [0.5, 0.6) is 0 Å². The Morgan fingerprint density at radius 2 is 1.74 bits per heavy atom. The molecule has 1 fully saturated rings. The highest BCUT2D eigenvalue weighted by Gasteiger charge is 2.29. The van der Waals surface area contributed by atoms with E-state index in [-0.39, 0.29) is 40.1 Å². The molecule has 0 saturated carbocycles. The number of carbonyl (C=O) groups is 2. The second-order valence-electron chi connectivity index (χ2n) is 8.78. The third-order valence-electron chi connectivity index (χ3n) is 5.93. The summed E-state index contributed by atoms with van der Waals surface area (Å²) in [6, 6.07) is 3.22. The van der Waals surface area contributed by atoms with E-state index in [1.807, 2.05) is 20.8 Å². The third-order valence-corrected chi connectivity index (χ3v) is 5.93. The Kier molecular flexibility index (Phi) is 6.36. The van der Waals surface area contributed by atoms with Crippen molar-refractivity contribution in [3.05, 3.63) is 55.7 Å². The molecule has 1 N–H and O–H groups in total. The molecule has 2 amide bonds. The van der Waals surface area contributed by atoms with Gasteiger partial charge in [-0.3, -0.25) is 23.9 Å². The number of aromatic amines is 1. The van der Waals surface area contributed by atoms with Gasteiger partial charge in [0.2, 0.25) is 5.76 Å². The Bertz CT molecular complexity index is 1360. The van der Waals surface area contributed by atoms with Crippen molar-refractivity contribution >= 4 is 22.8 Å². The molecule has 0 spiro atoms. The van der Waals surface area contributed by atoms with Crippen molar-refractivity contribution in [2.75, 3.05) is 26.2 Å². The number of carbonyl (C=O) groups excluding carboxylic acids is 2. The summed E-state index contributed by atoms with van der Waals surface area (Å²) in [5, 5.41) is 3.86. The summed E-state index contributed by atoms with van der Waals surface area (Å²) in [6.07, 6.45) is 0.665. The lowest BCUT2D eigenvalue weighted by Crippen LogP contribution is -2.50. The van der Waals surface area contributed by atoms with Crippen LogP contribution in [0.2, 0.25) is 0 Å². The molecule has 3 aromatic rings. The third kappa shape index (κ3) is 4.25. The first-order valence-electron chi connectivity index (χ1n) is 11.4. The van der Waals surface area contributed by atoms with Crippen LogP contribution in [0.3, 0.4) is 0 Å². The molecule has 0 aromatic carbocycles.